The van der Waals surface area contributed by atoms with Crippen molar-refractivity contribution in [1.29, 1.82) is 0 Å². The highest BCUT2D eigenvalue weighted by Crippen LogP contribution is 2.39. The number of nitrogen functional groups attached to an aromatic ring is 1. The Morgan fingerprint density at radius 1 is 1.16 bits per heavy atom. The highest BCUT2D eigenvalue weighted by atomic mass is 35.5. The number of nitrogens with two attached hydrogens (primary N) is 1. The van der Waals surface area contributed by atoms with E-state index in [1.807, 2.05) is 44.5 Å². The largest absolute Gasteiger partial charge is 0.495 e. The second kappa shape index (κ2) is 11.9. The SMILES string of the molecule is COC(=O)[C@@H]1CC(N2CC(C#Cc3c(-c4ccc(Cl)c(OC)c4)c4c(N)ncnc4n3C)C2)CCN1C(=O)OC(C)(C)C. The Morgan fingerprint density at radius 2 is 1.91 bits per heavy atom. The first kappa shape index (κ1) is 30.4. The van der Waals surface area contributed by atoms with Gasteiger partial charge < -0.3 is 24.5 Å². The fourth-order valence-electron chi connectivity index (χ4n) is 5.77. The summed E-state index contributed by atoms with van der Waals surface area (Å²) in [5.74, 6) is 7.45. The third-order valence-electron chi connectivity index (χ3n) is 7.93. The van der Waals surface area contributed by atoms with Crippen molar-refractivity contribution in [2.75, 3.05) is 39.6 Å². The number of esters is 1. The second-order valence-electron chi connectivity index (χ2n) is 11.9. The normalized spacial score (nSPS) is 19.4. The number of rotatable bonds is 4. The molecular formula is C31H37ClN6O5. The number of anilines is 1. The van der Waals surface area contributed by atoms with Gasteiger partial charge in [0.05, 0.1) is 24.6 Å². The average Bonchev–Trinajstić information content (AvgIpc) is 3.23. The number of fused-ring (bicyclic) bond motifs is 1. The van der Waals surface area contributed by atoms with Crippen LogP contribution in [0.1, 0.15) is 39.3 Å². The molecule has 0 spiro atoms. The lowest BCUT2D eigenvalue weighted by Gasteiger charge is -2.47. The van der Waals surface area contributed by atoms with Crippen molar-refractivity contribution in [2.45, 2.75) is 51.3 Å². The molecule has 1 amide bonds. The highest BCUT2D eigenvalue weighted by molar-refractivity contribution is 6.32. The minimum atomic E-state index is -0.690. The summed E-state index contributed by atoms with van der Waals surface area (Å²) in [6, 6.07) is 4.99. The minimum Gasteiger partial charge on any atom is -0.495 e. The van der Waals surface area contributed by atoms with Gasteiger partial charge in [-0.3, -0.25) is 9.80 Å². The number of likely N-dealkylation sites (tertiary alicyclic amines) is 2. The summed E-state index contributed by atoms with van der Waals surface area (Å²) >= 11 is 6.31. The van der Waals surface area contributed by atoms with Crippen molar-refractivity contribution in [1.82, 2.24) is 24.3 Å². The predicted octanol–water partition coefficient (Wildman–Crippen LogP) is 4.10. The van der Waals surface area contributed by atoms with E-state index in [9.17, 15) is 9.59 Å². The number of benzene rings is 1. The number of aryl methyl sites for hydroxylation is 1. The Bertz CT molecular complexity index is 1610. The van der Waals surface area contributed by atoms with Crippen LogP contribution in [-0.4, -0.2) is 87.9 Å². The van der Waals surface area contributed by atoms with Gasteiger partial charge in [0.2, 0.25) is 0 Å². The summed E-state index contributed by atoms with van der Waals surface area (Å²) in [4.78, 5) is 37.9. The van der Waals surface area contributed by atoms with E-state index in [0.717, 1.165) is 41.7 Å². The van der Waals surface area contributed by atoms with Crippen LogP contribution in [0.3, 0.4) is 0 Å². The lowest BCUT2D eigenvalue weighted by Crippen LogP contribution is -2.60. The van der Waals surface area contributed by atoms with Crippen LogP contribution < -0.4 is 10.5 Å². The lowest BCUT2D eigenvalue weighted by atomic mass is 9.90. The molecule has 0 aliphatic carbocycles. The molecule has 4 heterocycles. The first-order chi connectivity index (χ1) is 20.4. The molecule has 2 saturated heterocycles. The zero-order valence-electron chi connectivity index (χ0n) is 25.3. The van der Waals surface area contributed by atoms with Crippen molar-refractivity contribution in [3.05, 3.63) is 35.2 Å². The summed E-state index contributed by atoms with van der Waals surface area (Å²) < 4.78 is 18.0. The monoisotopic (exact) mass is 608 g/mol. The molecule has 1 unspecified atom stereocenters. The highest BCUT2D eigenvalue weighted by Gasteiger charge is 2.43. The van der Waals surface area contributed by atoms with Gasteiger partial charge in [0.1, 0.15) is 40.9 Å². The summed E-state index contributed by atoms with van der Waals surface area (Å²) in [6.07, 6.45) is 2.16. The zero-order valence-corrected chi connectivity index (χ0v) is 26.1. The summed E-state index contributed by atoms with van der Waals surface area (Å²) in [6.45, 7) is 7.35. The number of ether oxygens (including phenoxy) is 3. The first-order valence-corrected chi connectivity index (χ1v) is 14.6. The van der Waals surface area contributed by atoms with E-state index in [2.05, 4.69) is 26.7 Å². The zero-order chi connectivity index (χ0) is 31.1. The minimum absolute atomic E-state index is 0.130. The summed E-state index contributed by atoms with van der Waals surface area (Å²) in [5.41, 5.74) is 8.79. The third-order valence-corrected chi connectivity index (χ3v) is 8.25. The van der Waals surface area contributed by atoms with Crippen LogP contribution >= 0.6 is 11.6 Å². The van der Waals surface area contributed by atoms with E-state index in [1.54, 1.807) is 13.2 Å². The third kappa shape index (κ3) is 6.08. The van der Waals surface area contributed by atoms with Crippen LogP contribution in [0.25, 0.3) is 22.2 Å². The van der Waals surface area contributed by atoms with Gasteiger partial charge in [-0.2, -0.15) is 0 Å². The van der Waals surface area contributed by atoms with Crippen LogP contribution in [-0.2, 0) is 21.3 Å². The van der Waals surface area contributed by atoms with Crippen molar-refractivity contribution in [2.24, 2.45) is 13.0 Å². The topological polar surface area (TPSA) is 125 Å². The van der Waals surface area contributed by atoms with Crippen molar-refractivity contribution in [3.8, 4) is 28.7 Å². The van der Waals surface area contributed by atoms with Gasteiger partial charge in [-0.15, -0.1) is 0 Å². The standard InChI is InChI=1S/C31H37ClN6O5/c1-31(2,3)43-30(40)38-12-11-20(14-23(38)29(39)42-6)37-15-18(16-37)7-10-22-25(19-8-9-21(32)24(13-19)41-5)26-27(33)34-17-35-28(26)36(22)4/h8-9,13,17-18,20,23H,11-12,14-16H2,1-6H3,(H2,33,34,35)/t20?,23-/m0/s1. The van der Waals surface area contributed by atoms with E-state index in [1.165, 1.54) is 18.3 Å². The van der Waals surface area contributed by atoms with Crippen LogP contribution in [0.5, 0.6) is 5.75 Å². The number of methoxy groups -OCH3 is 2. The van der Waals surface area contributed by atoms with Gasteiger partial charge in [0.15, 0.2) is 0 Å². The molecule has 11 nitrogen and oxygen atoms in total. The Labute approximate surface area is 256 Å². The number of halogens is 1. The Balaban J connectivity index is 1.35. The number of nitrogens with zero attached hydrogens (tertiary/aromatic N) is 5. The number of hydrogen-bond donors (Lipinski definition) is 1. The molecule has 2 aliphatic heterocycles. The molecule has 2 aliphatic rings. The second-order valence-corrected chi connectivity index (χ2v) is 12.3. The molecule has 43 heavy (non-hydrogen) atoms. The van der Waals surface area contributed by atoms with Gasteiger partial charge in [-0.05, 0) is 57.2 Å². The van der Waals surface area contributed by atoms with Gasteiger partial charge >= 0.3 is 12.1 Å². The molecule has 1 aromatic carbocycles. The van der Waals surface area contributed by atoms with Crippen LogP contribution in [0.2, 0.25) is 5.02 Å². The Morgan fingerprint density at radius 3 is 2.58 bits per heavy atom. The number of aromatic nitrogens is 3. The molecule has 228 valence electrons. The Kier molecular flexibility index (Phi) is 8.45. The van der Waals surface area contributed by atoms with E-state index in [4.69, 9.17) is 31.5 Å². The maximum Gasteiger partial charge on any atom is 0.411 e. The molecule has 0 bridgehead atoms. The number of hydrogen-bond acceptors (Lipinski definition) is 9. The molecule has 12 heteroatoms. The summed E-state index contributed by atoms with van der Waals surface area (Å²) in [7, 11) is 4.83. The van der Waals surface area contributed by atoms with Crippen LogP contribution in [0, 0.1) is 17.8 Å². The van der Waals surface area contributed by atoms with Gasteiger partial charge in [-0.25, -0.2) is 19.6 Å². The molecular weight excluding hydrogens is 572 g/mol. The molecule has 2 atom stereocenters. The smallest absolute Gasteiger partial charge is 0.411 e. The number of piperidine rings is 1. The molecule has 2 aromatic heterocycles. The van der Waals surface area contributed by atoms with Crippen molar-refractivity contribution < 1.29 is 23.8 Å². The maximum absolute atomic E-state index is 12.8. The quantitative estimate of drug-likeness (QED) is 0.344. The fourth-order valence-corrected chi connectivity index (χ4v) is 5.96. The van der Waals surface area contributed by atoms with Crippen LogP contribution in [0.4, 0.5) is 10.6 Å². The maximum atomic E-state index is 12.8. The molecule has 0 saturated carbocycles. The van der Waals surface area contributed by atoms with Crippen LogP contribution in [0.15, 0.2) is 24.5 Å². The molecule has 2 N–H and O–H groups in total. The van der Waals surface area contributed by atoms with Gasteiger partial charge in [0, 0.05) is 44.2 Å². The first-order valence-electron chi connectivity index (χ1n) is 14.2. The van der Waals surface area contributed by atoms with Crippen molar-refractivity contribution in [3.63, 3.8) is 0 Å². The summed E-state index contributed by atoms with van der Waals surface area (Å²) in [5, 5.41) is 1.23. The fraction of sp³-hybridized carbons (Fsp3) is 0.484. The number of carbonyl (C=O) groups is 2. The van der Waals surface area contributed by atoms with E-state index >= 15 is 0 Å². The number of carbonyl (C=O) groups excluding carboxylic acids is 2. The lowest BCUT2D eigenvalue weighted by molar-refractivity contribution is -0.149. The number of amides is 1. The Hall–Kier alpha value is -4.01. The van der Waals surface area contributed by atoms with Gasteiger partial charge in [0.25, 0.3) is 0 Å². The average molecular weight is 609 g/mol. The predicted molar refractivity (Wildman–Crippen MR) is 164 cm³/mol. The molecule has 3 aromatic rings. The molecule has 2 fully saturated rings. The van der Waals surface area contributed by atoms with Gasteiger partial charge in [-0.1, -0.05) is 23.6 Å². The van der Waals surface area contributed by atoms with E-state index in [-0.39, 0.29) is 12.0 Å². The van der Waals surface area contributed by atoms with E-state index in [0.29, 0.717) is 35.2 Å². The molecule has 0 radical (unpaired) electrons. The molecule has 5 rings (SSSR count). The van der Waals surface area contributed by atoms with Crippen molar-refractivity contribution >= 4 is 40.5 Å². The van der Waals surface area contributed by atoms with E-state index < -0.39 is 23.7 Å².